The van der Waals surface area contributed by atoms with E-state index in [1.807, 2.05) is 0 Å². The van der Waals surface area contributed by atoms with Crippen molar-refractivity contribution in [2.24, 2.45) is 0 Å². The fourth-order valence-electron chi connectivity index (χ4n) is 2.57. The van der Waals surface area contributed by atoms with E-state index < -0.39 is 42.4 Å². The van der Waals surface area contributed by atoms with E-state index in [4.69, 9.17) is 16.3 Å². The molecule has 0 aliphatic carbocycles. The van der Waals surface area contributed by atoms with Gasteiger partial charge >= 0.3 is 17.9 Å². The van der Waals surface area contributed by atoms with Gasteiger partial charge in [-0.1, -0.05) is 11.6 Å². The van der Waals surface area contributed by atoms with Crippen LogP contribution in [0.15, 0.2) is 42.5 Å². The second-order valence-electron chi connectivity index (χ2n) is 6.60. The molecule has 0 saturated heterocycles. The first-order valence-corrected chi connectivity index (χ1v) is 9.87. The van der Waals surface area contributed by atoms with Gasteiger partial charge in [-0.25, -0.2) is 14.4 Å². The Labute approximate surface area is 194 Å². The third-order valence-electron chi connectivity index (χ3n) is 4.27. The Balaban J connectivity index is 1.99. The summed E-state index contributed by atoms with van der Waals surface area (Å²) in [7, 11) is 2.34. The zero-order chi connectivity index (χ0) is 24.5. The number of benzene rings is 2. The van der Waals surface area contributed by atoms with Gasteiger partial charge in [-0.05, 0) is 49.4 Å². The summed E-state index contributed by atoms with van der Waals surface area (Å²) >= 11 is 5.78. The number of carbonyl (C=O) groups is 5. The van der Waals surface area contributed by atoms with Crippen molar-refractivity contribution < 1.29 is 38.2 Å². The molecule has 0 fully saturated rings. The Bertz CT molecular complexity index is 1070. The van der Waals surface area contributed by atoms with E-state index in [9.17, 15) is 24.0 Å². The minimum Gasteiger partial charge on any atom is -0.465 e. The molecule has 0 aliphatic rings. The number of anilines is 1. The third kappa shape index (κ3) is 7.04. The normalized spacial score (nSPS) is 11.0. The van der Waals surface area contributed by atoms with Gasteiger partial charge in [0, 0.05) is 10.6 Å². The number of hydrogen-bond donors (Lipinski definition) is 2. The summed E-state index contributed by atoms with van der Waals surface area (Å²) in [5.74, 6) is -3.60. The lowest BCUT2D eigenvalue weighted by molar-refractivity contribution is -0.148. The molecule has 0 heterocycles. The topological polar surface area (TPSA) is 137 Å². The van der Waals surface area contributed by atoms with Crippen molar-refractivity contribution in [1.82, 2.24) is 5.32 Å². The van der Waals surface area contributed by atoms with E-state index in [0.29, 0.717) is 5.02 Å². The van der Waals surface area contributed by atoms with E-state index in [-0.39, 0.29) is 22.4 Å². The Morgan fingerprint density at radius 1 is 0.909 bits per heavy atom. The van der Waals surface area contributed by atoms with Crippen molar-refractivity contribution in [2.45, 2.75) is 13.0 Å². The summed E-state index contributed by atoms with van der Waals surface area (Å²) in [5, 5.41) is 5.29. The number of nitrogens with one attached hydrogen (secondary N) is 2. The number of hydrogen-bond acceptors (Lipinski definition) is 8. The van der Waals surface area contributed by atoms with Gasteiger partial charge in [0.05, 0.1) is 31.0 Å². The molecule has 0 aromatic heterocycles. The number of halogens is 1. The van der Waals surface area contributed by atoms with Crippen molar-refractivity contribution in [3.63, 3.8) is 0 Å². The van der Waals surface area contributed by atoms with E-state index in [1.54, 1.807) is 0 Å². The second-order valence-corrected chi connectivity index (χ2v) is 7.04. The molecule has 33 heavy (non-hydrogen) atoms. The fourth-order valence-corrected chi connectivity index (χ4v) is 2.69. The number of ether oxygens (including phenoxy) is 3. The van der Waals surface area contributed by atoms with Crippen LogP contribution in [0.1, 0.15) is 38.0 Å². The Kier molecular flexibility index (Phi) is 8.93. The first kappa shape index (κ1) is 25.3. The molecule has 174 valence electrons. The van der Waals surface area contributed by atoms with Crippen molar-refractivity contribution in [2.75, 3.05) is 26.1 Å². The molecule has 2 amide bonds. The number of carbonyl (C=O) groups excluding carboxylic acids is 5. The van der Waals surface area contributed by atoms with E-state index in [0.717, 1.165) is 7.11 Å². The lowest BCUT2D eigenvalue weighted by atomic mass is 10.1. The maximum Gasteiger partial charge on any atom is 0.339 e. The van der Waals surface area contributed by atoms with Gasteiger partial charge in [-0.15, -0.1) is 0 Å². The third-order valence-corrected chi connectivity index (χ3v) is 4.53. The van der Waals surface area contributed by atoms with Gasteiger partial charge in [-0.2, -0.15) is 0 Å². The molecule has 1 atom stereocenters. The highest BCUT2D eigenvalue weighted by Gasteiger charge is 2.21. The van der Waals surface area contributed by atoms with Crippen LogP contribution in [-0.4, -0.2) is 56.6 Å². The summed E-state index contributed by atoms with van der Waals surface area (Å²) in [6.45, 7) is 0.687. The van der Waals surface area contributed by atoms with Crippen molar-refractivity contribution in [3.05, 3.63) is 64.2 Å². The van der Waals surface area contributed by atoms with E-state index in [2.05, 4.69) is 20.1 Å². The monoisotopic (exact) mass is 476 g/mol. The molecule has 2 aromatic carbocycles. The van der Waals surface area contributed by atoms with Crippen LogP contribution in [0.2, 0.25) is 5.02 Å². The van der Waals surface area contributed by atoms with E-state index >= 15 is 0 Å². The largest absolute Gasteiger partial charge is 0.465 e. The standard InChI is InChI=1S/C22H21ClN2O8/c1-12(24-19(27)13-4-7-15(23)8-5-13)20(28)33-11-18(26)25-17-10-14(21(29)31-2)6-9-16(17)22(30)32-3/h4-10,12H,11H2,1-3H3,(H,24,27)(H,25,26). The molecule has 1 unspecified atom stereocenters. The van der Waals surface area contributed by atoms with Crippen LogP contribution >= 0.6 is 11.6 Å². The van der Waals surface area contributed by atoms with Crippen molar-refractivity contribution in [3.8, 4) is 0 Å². The van der Waals surface area contributed by atoms with Crippen molar-refractivity contribution in [1.29, 1.82) is 0 Å². The average molecular weight is 477 g/mol. The minimum atomic E-state index is -1.05. The molecular formula is C22H21ClN2O8. The van der Waals surface area contributed by atoms with Gasteiger partial charge in [0.2, 0.25) is 0 Å². The molecule has 0 bridgehead atoms. The summed E-state index contributed by atoms with van der Waals surface area (Å²) in [5.41, 5.74) is 0.317. The SMILES string of the molecule is COC(=O)c1ccc(C(=O)OC)c(NC(=O)COC(=O)C(C)NC(=O)c2ccc(Cl)cc2)c1. The second kappa shape index (κ2) is 11.6. The quantitative estimate of drug-likeness (QED) is 0.437. The molecule has 2 N–H and O–H groups in total. The van der Waals surface area contributed by atoms with E-state index in [1.165, 1.54) is 56.5 Å². The highest BCUT2D eigenvalue weighted by molar-refractivity contribution is 6.30. The Morgan fingerprint density at radius 2 is 1.52 bits per heavy atom. The molecule has 0 radical (unpaired) electrons. The number of amides is 2. The zero-order valence-electron chi connectivity index (χ0n) is 18.0. The number of methoxy groups -OCH3 is 2. The highest BCUT2D eigenvalue weighted by atomic mass is 35.5. The summed E-state index contributed by atoms with van der Waals surface area (Å²) in [4.78, 5) is 60.3. The van der Waals surface area contributed by atoms with Crippen LogP contribution in [0, 0.1) is 0 Å². The van der Waals surface area contributed by atoms with Gasteiger partial charge in [0.25, 0.3) is 11.8 Å². The van der Waals surface area contributed by atoms with Crippen LogP contribution < -0.4 is 10.6 Å². The summed E-state index contributed by atoms with van der Waals surface area (Å²) in [6, 6.07) is 8.84. The van der Waals surface area contributed by atoms with Crippen LogP contribution in [0.5, 0.6) is 0 Å². The van der Waals surface area contributed by atoms with Gasteiger partial charge in [-0.3, -0.25) is 9.59 Å². The van der Waals surface area contributed by atoms with Crippen LogP contribution in [0.25, 0.3) is 0 Å². The Morgan fingerprint density at radius 3 is 2.12 bits per heavy atom. The summed E-state index contributed by atoms with van der Waals surface area (Å²) in [6.07, 6.45) is 0. The lowest BCUT2D eigenvalue weighted by Crippen LogP contribution is -2.40. The van der Waals surface area contributed by atoms with Gasteiger partial charge < -0.3 is 24.8 Å². The van der Waals surface area contributed by atoms with Gasteiger partial charge in [0.15, 0.2) is 6.61 Å². The maximum absolute atomic E-state index is 12.3. The average Bonchev–Trinajstić information content (AvgIpc) is 2.81. The molecule has 10 nitrogen and oxygen atoms in total. The molecule has 11 heteroatoms. The molecule has 0 spiro atoms. The minimum absolute atomic E-state index is 0.0200. The number of rotatable bonds is 8. The zero-order valence-corrected chi connectivity index (χ0v) is 18.7. The van der Waals surface area contributed by atoms with Gasteiger partial charge in [0.1, 0.15) is 6.04 Å². The smallest absolute Gasteiger partial charge is 0.339 e. The molecule has 2 aromatic rings. The van der Waals surface area contributed by atoms with Crippen molar-refractivity contribution >= 4 is 47.0 Å². The first-order valence-electron chi connectivity index (χ1n) is 9.49. The van der Waals surface area contributed by atoms with Crippen LogP contribution in [-0.2, 0) is 23.8 Å². The fraction of sp³-hybridized carbons (Fsp3) is 0.227. The predicted octanol–water partition coefficient (Wildman–Crippen LogP) is 2.21. The lowest BCUT2D eigenvalue weighted by Gasteiger charge is -2.14. The molecule has 0 aliphatic heterocycles. The maximum atomic E-state index is 12.3. The Hall–Kier alpha value is -3.92. The number of esters is 3. The summed E-state index contributed by atoms with van der Waals surface area (Å²) < 4.78 is 14.2. The highest BCUT2D eigenvalue weighted by Crippen LogP contribution is 2.20. The predicted molar refractivity (Wildman–Crippen MR) is 117 cm³/mol. The molecular weight excluding hydrogens is 456 g/mol. The van der Waals surface area contributed by atoms with Crippen LogP contribution in [0.3, 0.4) is 0 Å². The first-order chi connectivity index (χ1) is 15.7. The molecule has 2 rings (SSSR count). The molecule has 0 saturated carbocycles. The van der Waals surface area contributed by atoms with Crippen LogP contribution in [0.4, 0.5) is 5.69 Å².